The summed E-state index contributed by atoms with van der Waals surface area (Å²) >= 11 is 0. The summed E-state index contributed by atoms with van der Waals surface area (Å²) in [7, 11) is -2.94. The van der Waals surface area contributed by atoms with Gasteiger partial charge in [-0.15, -0.1) is 6.42 Å². The lowest BCUT2D eigenvalue weighted by Crippen LogP contribution is -2.57. The molecule has 3 rings (SSSR count). The largest absolute Gasteiger partial charge is 0.465 e. The molecule has 0 unspecified atom stereocenters. The summed E-state index contributed by atoms with van der Waals surface area (Å²) in [6.07, 6.45) is 5.81. The number of amides is 1. The van der Waals surface area contributed by atoms with Crippen molar-refractivity contribution in [1.29, 1.82) is 0 Å². The van der Waals surface area contributed by atoms with Crippen LogP contribution in [0.1, 0.15) is 44.7 Å². The summed E-state index contributed by atoms with van der Waals surface area (Å²) < 4.78 is 32.0. The van der Waals surface area contributed by atoms with Gasteiger partial charge in [0.15, 0.2) is 0 Å². The summed E-state index contributed by atoms with van der Waals surface area (Å²) in [4.78, 5) is 15.8. The van der Waals surface area contributed by atoms with Crippen LogP contribution in [0.15, 0.2) is 27.6 Å². The van der Waals surface area contributed by atoms with Crippen LogP contribution in [0.3, 0.4) is 0 Å². The van der Waals surface area contributed by atoms with Crippen LogP contribution in [0.25, 0.3) is 0 Å². The lowest BCUT2D eigenvalue weighted by Gasteiger charge is -2.41. The van der Waals surface area contributed by atoms with Crippen LogP contribution in [-0.2, 0) is 15.3 Å². The zero-order valence-electron chi connectivity index (χ0n) is 15.5. The number of hydrogen-bond donors (Lipinski definition) is 2. The smallest absolute Gasteiger partial charge is 0.410 e. The van der Waals surface area contributed by atoms with E-state index in [-0.39, 0.29) is 23.2 Å². The average molecular weight is 391 g/mol. The first-order chi connectivity index (χ1) is 12.5. The van der Waals surface area contributed by atoms with Gasteiger partial charge in [-0.25, -0.2) is 17.8 Å². The lowest BCUT2D eigenvalue weighted by atomic mass is 9.92. The first-order valence-electron chi connectivity index (χ1n) is 8.61. The van der Waals surface area contributed by atoms with Crippen molar-refractivity contribution in [2.45, 2.75) is 49.9 Å². The van der Waals surface area contributed by atoms with E-state index < -0.39 is 31.9 Å². The van der Waals surface area contributed by atoms with Gasteiger partial charge < -0.3 is 5.11 Å². The summed E-state index contributed by atoms with van der Waals surface area (Å²) in [5.74, 6) is 1.92. The number of amidine groups is 1. The van der Waals surface area contributed by atoms with E-state index in [4.69, 9.17) is 6.42 Å². The molecule has 0 saturated heterocycles. The number of terminal acetylenes is 1. The number of carbonyl (C=O) groups is 1. The van der Waals surface area contributed by atoms with Gasteiger partial charge in [0.2, 0.25) is 0 Å². The minimum Gasteiger partial charge on any atom is -0.465 e. The van der Waals surface area contributed by atoms with Gasteiger partial charge in [0.05, 0.1) is 21.5 Å². The third kappa shape index (κ3) is 3.44. The molecule has 1 heterocycles. The van der Waals surface area contributed by atoms with Crippen LogP contribution < -0.4 is 5.32 Å². The second-order valence-electron chi connectivity index (χ2n) is 7.64. The lowest BCUT2D eigenvalue weighted by molar-refractivity contribution is 0.199. The van der Waals surface area contributed by atoms with E-state index in [1.165, 1.54) is 18.2 Å². The Morgan fingerprint density at radius 2 is 2.11 bits per heavy atom. The van der Waals surface area contributed by atoms with Crippen LogP contribution >= 0.6 is 0 Å². The standard InChI is InChI=1S/C19H22FN3O3S/c1-5-12-6-9-15(20)14(10-12)19(4)11-27(26,23-13-7-8-13)18(2,3)16(22-19)21-17(24)25/h1,6,9-10,13H,7-8,11H2,2-4H3,(H,21,22)(H,24,25)/t19-,27-/m0/s1. The van der Waals surface area contributed by atoms with Crippen molar-refractivity contribution in [3.63, 3.8) is 0 Å². The summed E-state index contributed by atoms with van der Waals surface area (Å²) in [5.41, 5.74) is -0.623. The van der Waals surface area contributed by atoms with E-state index in [0.29, 0.717) is 5.56 Å². The zero-order valence-corrected chi connectivity index (χ0v) is 16.3. The highest BCUT2D eigenvalue weighted by Gasteiger charge is 2.50. The predicted octanol–water partition coefficient (Wildman–Crippen LogP) is 3.11. The minimum atomic E-state index is -2.94. The molecule has 0 aromatic heterocycles. The molecule has 8 heteroatoms. The number of hydrogen-bond acceptors (Lipinski definition) is 4. The molecule has 1 amide bonds. The first kappa shape index (κ1) is 19.4. The first-order valence-corrected chi connectivity index (χ1v) is 10.3. The fraction of sp³-hybridized carbons (Fsp3) is 0.474. The summed E-state index contributed by atoms with van der Waals surface area (Å²) in [6.45, 7) is 4.94. The van der Waals surface area contributed by atoms with Crippen LogP contribution in [0.4, 0.5) is 9.18 Å². The van der Waals surface area contributed by atoms with E-state index >= 15 is 0 Å². The maximum atomic E-state index is 14.6. The molecule has 2 atom stereocenters. The van der Waals surface area contributed by atoms with Crippen molar-refractivity contribution >= 4 is 21.7 Å². The molecular formula is C19H22FN3O3S. The van der Waals surface area contributed by atoms with Crippen molar-refractivity contribution in [2.75, 3.05) is 5.75 Å². The van der Waals surface area contributed by atoms with Gasteiger partial charge in [-0.05, 0) is 51.8 Å². The molecule has 27 heavy (non-hydrogen) atoms. The van der Waals surface area contributed by atoms with Gasteiger partial charge in [0.1, 0.15) is 21.9 Å². The molecule has 1 aromatic carbocycles. The number of nitrogens with one attached hydrogen (secondary N) is 1. The highest BCUT2D eigenvalue weighted by Crippen LogP contribution is 2.41. The Labute approximate surface area is 158 Å². The SMILES string of the molecule is C#Cc1ccc(F)c([C@]2(C)C[S@@](=O)(=NC3CC3)C(C)(C)C(NC(=O)O)=N2)c1. The van der Waals surface area contributed by atoms with Crippen LogP contribution in [-0.4, -0.2) is 37.8 Å². The third-order valence-electron chi connectivity index (χ3n) is 5.01. The molecule has 2 aliphatic rings. The van der Waals surface area contributed by atoms with Gasteiger partial charge >= 0.3 is 6.09 Å². The van der Waals surface area contributed by atoms with E-state index in [0.717, 1.165) is 12.8 Å². The fourth-order valence-corrected chi connectivity index (χ4v) is 5.93. The Bertz CT molecular complexity index is 998. The molecule has 144 valence electrons. The van der Waals surface area contributed by atoms with Gasteiger partial charge in [-0.3, -0.25) is 10.3 Å². The number of halogens is 1. The normalized spacial score (nSPS) is 29.4. The maximum Gasteiger partial charge on any atom is 0.410 e. The molecule has 1 saturated carbocycles. The van der Waals surface area contributed by atoms with Crippen molar-refractivity contribution in [2.24, 2.45) is 9.36 Å². The van der Waals surface area contributed by atoms with Crippen molar-refractivity contribution < 1.29 is 18.5 Å². The van der Waals surface area contributed by atoms with E-state index in [1.54, 1.807) is 20.8 Å². The molecular weight excluding hydrogens is 369 g/mol. The van der Waals surface area contributed by atoms with E-state index in [1.807, 2.05) is 0 Å². The molecule has 1 aromatic rings. The van der Waals surface area contributed by atoms with Crippen molar-refractivity contribution in [3.8, 4) is 12.3 Å². The predicted molar refractivity (Wildman–Crippen MR) is 103 cm³/mol. The highest BCUT2D eigenvalue weighted by atomic mass is 32.2. The van der Waals surface area contributed by atoms with Gasteiger partial charge in [0, 0.05) is 11.1 Å². The molecule has 0 spiro atoms. The van der Waals surface area contributed by atoms with Gasteiger partial charge in [0.25, 0.3) is 0 Å². The van der Waals surface area contributed by atoms with Gasteiger partial charge in [-0.2, -0.15) is 0 Å². The average Bonchev–Trinajstić information content (AvgIpc) is 3.36. The Kier molecular flexibility index (Phi) is 4.55. The number of benzene rings is 1. The molecule has 0 bridgehead atoms. The second kappa shape index (κ2) is 6.34. The van der Waals surface area contributed by atoms with Gasteiger partial charge in [-0.1, -0.05) is 5.92 Å². The second-order valence-corrected chi connectivity index (χ2v) is 10.4. The molecule has 1 aliphatic heterocycles. The van der Waals surface area contributed by atoms with Crippen LogP contribution in [0.5, 0.6) is 0 Å². The van der Waals surface area contributed by atoms with Crippen molar-refractivity contribution in [3.05, 3.63) is 35.1 Å². The Morgan fingerprint density at radius 1 is 1.44 bits per heavy atom. The van der Waals surface area contributed by atoms with E-state index in [9.17, 15) is 18.5 Å². The summed E-state index contributed by atoms with van der Waals surface area (Å²) in [5, 5.41) is 11.5. The summed E-state index contributed by atoms with van der Waals surface area (Å²) in [6, 6.07) is 4.20. The minimum absolute atomic E-state index is 0.00732. The molecule has 6 nitrogen and oxygen atoms in total. The Hall–Kier alpha value is -2.40. The quantitative estimate of drug-likeness (QED) is 0.759. The molecule has 2 N–H and O–H groups in total. The topological polar surface area (TPSA) is 91.1 Å². The highest BCUT2D eigenvalue weighted by molar-refractivity contribution is 7.95. The van der Waals surface area contributed by atoms with Crippen LogP contribution in [0.2, 0.25) is 0 Å². The Balaban J connectivity index is 2.25. The molecule has 1 fully saturated rings. The Morgan fingerprint density at radius 3 is 2.67 bits per heavy atom. The molecule has 1 aliphatic carbocycles. The van der Waals surface area contributed by atoms with Crippen LogP contribution in [0, 0.1) is 18.2 Å². The number of carboxylic acid groups (broad SMARTS) is 1. The van der Waals surface area contributed by atoms with Crippen molar-refractivity contribution in [1.82, 2.24) is 5.32 Å². The fourth-order valence-electron chi connectivity index (χ4n) is 3.16. The number of nitrogens with zero attached hydrogens (tertiary/aromatic N) is 2. The third-order valence-corrected chi connectivity index (χ3v) is 8.39. The monoisotopic (exact) mass is 391 g/mol. The number of rotatable bonds is 2. The number of aliphatic imine (C=N–C) groups is 1. The maximum absolute atomic E-state index is 14.6. The van der Waals surface area contributed by atoms with E-state index in [2.05, 4.69) is 20.6 Å². The zero-order chi connectivity index (χ0) is 20.0. The molecule has 0 radical (unpaired) electrons.